The molecule has 0 saturated heterocycles. The number of benzene rings is 1. The van der Waals surface area contributed by atoms with Crippen molar-refractivity contribution in [2.24, 2.45) is 0 Å². The lowest BCUT2D eigenvalue weighted by molar-refractivity contribution is -0.383. The summed E-state index contributed by atoms with van der Waals surface area (Å²) >= 11 is 5.81. The first-order valence-electron chi connectivity index (χ1n) is 5.68. The molecule has 7 heteroatoms. The van der Waals surface area contributed by atoms with Gasteiger partial charge in [-0.2, -0.15) is 0 Å². The number of rotatable bonds is 2. The van der Waals surface area contributed by atoms with Crippen LogP contribution >= 0.6 is 11.6 Å². The minimum atomic E-state index is -0.534. The highest BCUT2D eigenvalue weighted by molar-refractivity contribution is 6.30. The Morgan fingerprint density at radius 2 is 1.95 bits per heavy atom. The summed E-state index contributed by atoms with van der Waals surface area (Å²) in [7, 11) is 0. The molecule has 0 spiro atoms. The van der Waals surface area contributed by atoms with Gasteiger partial charge in [-0.1, -0.05) is 23.7 Å². The Labute approximate surface area is 118 Å². The predicted molar refractivity (Wildman–Crippen MR) is 74.0 cm³/mol. The topological polar surface area (TPSA) is 80.7 Å². The van der Waals surface area contributed by atoms with Gasteiger partial charge in [-0.25, -0.2) is 4.98 Å². The number of nitro groups is 1. The Morgan fingerprint density at radius 3 is 2.60 bits per heavy atom. The first kappa shape index (κ1) is 12.4. The Kier molecular flexibility index (Phi) is 2.80. The summed E-state index contributed by atoms with van der Waals surface area (Å²) < 4.78 is 1.28. The maximum absolute atomic E-state index is 11.0. The lowest BCUT2D eigenvalue weighted by Gasteiger charge is -1.98. The molecule has 3 rings (SSSR count). The predicted octanol–water partition coefficient (Wildman–Crippen LogP) is 3.27. The van der Waals surface area contributed by atoms with Crippen molar-refractivity contribution in [2.45, 2.75) is 0 Å². The van der Waals surface area contributed by atoms with E-state index < -0.39 is 4.92 Å². The SMILES string of the molecule is O=[N+]([O-])c1cccn2c(O)c(-c3ccc(Cl)cc3)nc12. The van der Waals surface area contributed by atoms with Crippen LogP contribution in [0.25, 0.3) is 16.9 Å². The third-order valence-corrected chi connectivity index (χ3v) is 3.17. The number of fused-ring (bicyclic) bond motifs is 1. The molecule has 0 atom stereocenters. The van der Waals surface area contributed by atoms with Crippen LogP contribution in [0.15, 0.2) is 42.6 Å². The highest BCUT2D eigenvalue weighted by Gasteiger charge is 2.20. The van der Waals surface area contributed by atoms with Gasteiger partial charge in [0.15, 0.2) is 0 Å². The number of aromatic nitrogens is 2. The van der Waals surface area contributed by atoms with Crippen LogP contribution in [0, 0.1) is 10.1 Å². The quantitative estimate of drug-likeness (QED) is 0.580. The summed E-state index contributed by atoms with van der Waals surface area (Å²) in [5, 5.41) is 21.7. The summed E-state index contributed by atoms with van der Waals surface area (Å²) in [6, 6.07) is 9.53. The molecule has 0 unspecified atom stereocenters. The lowest BCUT2D eigenvalue weighted by Crippen LogP contribution is -1.92. The number of aromatic hydroxyl groups is 1. The van der Waals surface area contributed by atoms with Gasteiger partial charge in [0.05, 0.1) is 4.92 Å². The van der Waals surface area contributed by atoms with Crippen LogP contribution in [-0.2, 0) is 0 Å². The third kappa shape index (κ3) is 1.86. The van der Waals surface area contributed by atoms with Gasteiger partial charge in [0.2, 0.25) is 11.5 Å². The summed E-state index contributed by atoms with van der Waals surface area (Å²) in [4.78, 5) is 14.6. The van der Waals surface area contributed by atoms with Gasteiger partial charge in [-0.05, 0) is 18.2 Å². The van der Waals surface area contributed by atoms with E-state index in [1.54, 1.807) is 24.3 Å². The Balaban J connectivity index is 2.28. The van der Waals surface area contributed by atoms with Crippen LogP contribution in [-0.4, -0.2) is 19.4 Å². The summed E-state index contributed by atoms with van der Waals surface area (Å²) in [5.41, 5.74) is 0.837. The molecule has 0 aliphatic heterocycles. The number of imidazole rings is 1. The van der Waals surface area contributed by atoms with Gasteiger partial charge in [-0.3, -0.25) is 14.5 Å². The molecule has 2 aromatic heterocycles. The van der Waals surface area contributed by atoms with Crippen molar-refractivity contribution in [2.75, 3.05) is 0 Å². The van der Waals surface area contributed by atoms with Crippen molar-refractivity contribution in [1.29, 1.82) is 0 Å². The van der Waals surface area contributed by atoms with Crippen molar-refractivity contribution in [1.82, 2.24) is 9.38 Å². The van der Waals surface area contributed by atoms with Gasteiger partial charge in [0, 0.05) is 22.8 Å². The molecule has 0 aliphatic rings. The average molecular weight is 290 g/mol. The van der Waals surface area contributed by atoms with E-state index in [4.69, 9.17) is 11.6 Å². The van der Waals surface area contributed by atoms with E-state index >= 15 is 0 Å². The smallest absolute Gasteiger partial charge is 0.312 e. The van der Waals surface area contributed by atoms with Crippen molar-refractivity contribution < 1.29 is 10.0 Å². The number of halogens is 1. The number of hydrogen-bond donors (Lipinski definition) is 1. The fraction of sp³-hybridized carbons (Fsp3) is 0. The zero-order chi connectivity index (χ0) is 14.3. The van der Waals surface area contributed by atoms with Crippen molar-refractivity contribution >= 4 is 22.9 Å². The van der Waals surface area contributed by atoms with Gasteiger partial charge in [0.1, 0.15) is 5.69 Å². The molecule has 20 heavy (non-hydrogen) atoms. The van der Waals surface area contributed by atoms with Gasteiger partial charge in [0.25, 0.3) is 0 Å². The minimum Gasteiger partial charge on any atom is -0.493 e. The Morgan fingerprint density at radius 1 is 1.25 bits per heavy atom. The van der Waals surface area contributed by atoms with Gasteiger partial charge < -0.3 is 5.11 Å². The van der Waals surface area contributed by atoms with E-state index in [0.29, 0.717) is 10.6 Å². The number of pyridine rings is 1. The van der Waals surface area contributed by atoms with Crippen LogP contribution in [0.4, 0.5) is 5.69 Å². The molecule has 0 bridgehead atoms. The van der Waals surface area contributed by atoms with Crippen molar-refractivity contribution in [3.8, 4) is 17.1 Å². The molecule has 0 aliphatic carbocycles. The van der Waals surface area contributed by atoms with E-state index in [9.17, 15) is 15.2 Å². The third-order valence-electron chi connectivity index (χ3n) is 2.92. The summed E-state index contributed by atoms with van der Waals surface area (Å²) in [6.45, 7) is 0. The van der Waals surface area contributed by atoms with E-state index in [0.717, 1.165) is 0 Å². The fourth-order valence-electron chi connectivity index (χ4n) is 1.98. The standard InChI is InChI=1S/C13H8ClN3O3/c14-9-5-3-8(4-6-9)11-13(18)16-7-1-2-10(17(19)20)12(16)15-11/h1-7,18H. The monoisotopic (exact) mass is 289 g/mol. The summed E-state index contributed by atoms with van der Waals surface area (Å²) in [5.74, 6) is -0.147. The summed E-state index contributed by atoms with van der Waals surface area (Å²) in [6.07, 6.45) is 1.52. The molecule has 0 fully saturated rings. The molecule has 0 amide bonds. The molecular formula is C13H8ClN3O3. The van der Waals surface area contributed by atoms with Crippen LogP contribution in [0.3, 0.4) is 0 Å². The Hall–Kier alpha value is -2.60. The van der Waals surface area contributed by atoms with Crippen LogP contribution < -0.4 is 0 Å². The molecule has 1 N–H and O–H groups in total. The number of hydrogen-bond acceptors (Lipinski definition) is 4. The molecule has 2 heterocycles. The normalized spacial score (nSPS) is 10.8. The molecule has 6 nitrogen and oxygen atoms in total. The average Bonchev–Trinajstić information content (AvgIpc) is 2.77. The van der Waals surface area contributed by atoms with E-state index in [2.05, 4.69) is 4.98 Å². The van der Waals surface area contributed by atoms with Crippen LogP contribution in [0.1, 0.15) is 0 Å². The number of nitrogens with zero attached hydrogens (tertiary/aromatic N) is 3. The highest BCUT2D eigenvalue weighted by Crippen LogP contribution is 2.33. The molecular weight excluding hydrogens is 282 g/mol. The second-order valence-corrected chi connectivity index (χ2v) is 4.57. The second kappa shape index (κ2) is 4.50. The molecule has 3 aromatic rings. The van der Waals surface area contributed by atoms with Crippen molar-refractivity contribution in [3.05, 3.63) is 57.7 Å². The van der Waals surface area contributed by atoms with Gasteiger partial charge >= 0.3 is 5.69 Å². The largest absolute Gasteiger partial charge is 0.493 e. The van der Waals surface area contributed by atoms with E-state index in [-0.39, 0.29) is 22.9 Å². The molecule has 0 saturated carbocycles. The maximum Gasteiger partial charge on any atom is 0.312 e. The lowest BCUT2D eigenvalue weighted by atomic mass is 10.2. The van der Waals surface area contributed by atoms with E-state index in [1.807, 2.05) is 0 Å². The molecule has 1 aromatic carbocycles. The fourth-order valence-corrected chi connectivity index (χ4v) is 2.11. The van der Waals surface area contributed by atoms with Crippen LogP contribution in [0.5, 0.6) is 5.88 Å². The second-order valence-electron chi connectivity index (χ2n) is 4.14. The maximum atomic E-state index is 11.0. The first-order chi connectivity index (χ1) is 9.58. The Bertz CT molecular complexity index is 812. The minimum absolute atomic E-state index is 0.0972. The van der Waals surface area contributed by atoms with Crippen molar-refractivity contribution in [3.63, 3.8) is 0 Å². The molecule has 0 radical (unpaired) electrons. The zero-order valence-electron chi connectivity index (χ0n) is 10.0. The zero-order valence-corrected chi connectivity index (χ0v) is 10.8. The van der Waals surface area contributed by atoms with Gasteiger partial charge in [-0.15, -0.1) is 0 Å². The first-order valence-corrected chi connectivity index (χ1v) is 6.06. The van der Waals surface area contributed by atoms with Crippen LogP contribution in [0.2, 0.25) is 5.02 Å². The highest BCUT2D eigenvalue weighted by atomic mass is 35.5. The van der Waals surface area contributed by atoms with E-state index in [1.165, 1.54) is 22.7 Å². The molecule has 100 valence electrons.